The third kappa shape index (κ3) is 2.17. The summed E-state index contributed by atoms with van der Waals surface area (Å²) in [5.74, 6) is 0. The highest BCUT2D eigenvalue weighted by molar-refractivity contribution is 5.60. The minimum atomic E-state index is -0.368. The third-order valence-electron chi connectivity index (χ3n) is 2.69. The molecule has 2 rings (SSSR count). The average molecular weight is 240 g/mol. The van der Waals surface area contributed by atoms with Gasteiger partial charge >= 0.3 is 0 Å². The Kier molecular flexibility index (Phi) is 3.56. The Balaban J connectivity index is 2.66. The van der Waals surface area contributed by atoms with Gasteiger partial charge in [0.05, 0.1) is 12.3 Å². The molecule has 0 unspecified atom stereocenters. The second-order valence-corrected chi connectivity index (χ2v) is 3.79. The molecule has 0 fully saturated rings. The summed E-state index contributed by atoms with van der Waals surface area (Å²) in [7, 11) is 0. The van der Waals surface area contributed by atoms with Crippen LogP contribution in [0.1, 0.15) is 5.56 Å². The molecular formula is C14H12N2O2. The van der Waals surface area contributed by atoms with Crippen molar-refractivity contribution in [1.29, 1.82) is 5.26 Å². The van der Waals surface area contributed by atoms with Crippen LogP contribution < -0.4 is 5.56 Å². The maximum absolute atomic E-state index is 12.0. The molecule has 0 saturated carbocycles. The van der Waals surface area contributed by atoms with Crippen LogP contribution in [-0.4, -0.2) is 16.3 Å². The second-order valence-electron chi connectivity index (χ2n) is 3.79. The number of benzene rings is 1. The molecule has 1 aromatic carbocycles. The van der Waals surface area contributed by atoms with Crippen molar-refractivity contribution in [3.8, 4) is 17.3 Å². The van der Waals surface area contributed by atoms with Crippen molar-refractivity contribution in [2.24, 2.45) is 0 Å². The zero-order valence-electron chi connectivity index (χ0n) is 9.71. The van der Waals surface area contributed by atoms with Gasteiger partial charge < -0.3 is 9.67 Å². The van der Waals surface area contributed by atoms with Crippen molar-refractivity contribution >= 4 is 0 Å². The summed E-state index contributed by atoms with van der Waals surface area (Å²) in [4.78, 5) is 12.0. The van der Waals surface area contributed by atoms with Crippen LogP contribution in [0.2, 0.25) is 0 Å². The molecule has 0 aliphatic heterocycles. The molecule has 90 valence electrons. The number of pyridine rings is 1. The first-order valence-corrected chi connectivity index (χ1v) is 5.58. The molecule has 4 heteroatoms. The molecule has 1 heterocycles. The third-order valence-corrected chi connectivity index (χ3v) is 2.69. The zero-order chi connectivity index (χ0) is 13.0. The molecule has 2 aromatic rings. The van der Waals surface area contributed by atoms with Gasteiger partial charge in [-0.25, -0.2) is 0 Å². The first-order chi connectivity index (χ1) is 8.77. The topological polar surface area (TPSA) is 66.0 Å². The van der Waals surface area contributed by atoms with Crippen LogP contribution in [-0.2, 0) is 6.54 Å². The Morgan fingerprint density at radius 2 is 1.89 bits per heavy atom. The van der Waals surface area contributed by atoms with E-state index in [1.54, 1.807) is 6.07 Å². The molecule has 0 aliphatic carbocycles. The lowest BCUT2D eigenvalue weighted by Gasteiger charge is -2.12. The number of aromatic nitrogens is 1. The van der Waals surface area contributed by atoms with Crippen molar-refractivity contribution < 1.29 is 5.11 Å². The average Bonchev–Trinajstić information content (AvgIpc) is 2.42. The normalized spacial score (nSPS) is 10.0. The summed E-state index contributed by atoms with van der Waals surface area (Å²) in [5.41, 5.74) is 1.30. The van der Waals surface area contributed by atoms with Gasteiger partial charge in [0, 0.05) is 6.54 Å². The van der Waals surface area contributed by atoms with E-state index in [0.29, 0.717) is 5.69 Å². The molecule has 0 atom stereocenters. The Labute approximate surface area is 104 Å². The molecule has 0 radical (unpaired) electrons. The van der Waals surface area contributed by atoms with Gasteiger partial charge in [-0.1, -0.05) is 30.3 Å². The van der Waals surface area contributed by atoms with Gasteiger partial charge in [0.2, 0.25) is 0 Å². The molecule has 4 nitrogen and oxygen atoms in total. The molecule has 1 N–H and O–H groups in total. The van der Waals surface area contributed by atoms with Crippen LogP contribution in [0, 0.1) is 11.3 Å². The lowest BCUT2D eigenvalue weighted by molar-refractivity contribution is 0.275. The van der Waals surface area contributed by atoms with Crippen LogP contribution >= 0.6 is 0 Å². The van der Waals surface area contributed by atoms with Crippen molar-refractivity contribution in [3.63, 3.8) is 0 Å². The number of aliphatic hydroxyl groups excluding tert-OH is 1. The van der Waals surface area contributed by atoms with Gasteiger partial charge in [0.1, 0.15) is 11.6 Å². The minimum absolute atomic E-state index is 0.0862. The summed E-state index contributed by atoms with van der Waals surface area (Å²) in [5, 5.41) is 17.9. The fraction of sp³-hybridized carbons (Fsp3) is 0.143. The van der Waals surface area contributed by atoms with E-state index in [2.05, 4.69) is 0 Å². The number of nitrogens with zero attached hydrogens (tertiary/aromatic N) is 2. The predicted octanol–water partition coefficient (Wildman–Crippen LogP) is 1.38. The van der Waals surface area contributed by atoms with Crippen molar-refractivity contribution in [2.45, 2.75) is 6.54 Å². The summed E-state index contributed by atoms with van der Waals surface area (Å²) < 4.78 is 1.42. The van der Waals surface area contributed by atoms with E-state index in [1.165, 1.54) is 10.6 Å². The summed E-state index contributed by atoms with van der Waals surface area (Å²) in [6.45, 7) is 0.0349. The van der Waals surface area contributed by atoms with E-state index < -0.39 is 0 Å². The number of hydrogen-bond donors (Lipinski definition) is 1. The monoisotopic (exact) mass is 240 g/mol. The molecule has 1 aromatic heterocycles. The Morgan fingerprint density at radius 3 is 2.50 bits per heavy atom. The molecule has 0 aliphatic rings. The highest BCUT2D eigenvalue weighted by Gasteiger charge is 2.09. The lowest BCUT2D eigenvalue weighted by atomic mass is 10.1. The van der Waals surface area contributed by atoms with Gasteiger partial charge in [-0.3, -0.25) is 4.79 Å². The van der Waals surface area contributed by atoms with E-state index in [4.69, 9.17) is 10.4 Å². The number of aliphatic hydroxyl groups is 1. The molecule has 0 amide bonds. The summed E-state index contributed by atoms with van der Waals surface area (Å²) in [6, 6.07) is 14.5. The van der Waals surface area contributed by atoms with E-state index in [1.807, 2.05) is 36.4 Å². The zero-order valence-corrected chi connectivity index (χ0v) is 9.71. The molecule has 0 bridgehead atoms. The number of rotatable bonds is 3. The smallest absolute Gasteiger partial charge is 0.269 e. The van der Waals surface area contributed by atoms with Gasteiger partial charge in [-0.15, -0.1) is 0 Å². The maximum Gasteiger partial charge on any atom is 0.269 e. The SMILES string of the molecule is N#Cc1ccc(-c2ccccc2)n(CCO)c1=O. The largest absolute Gasteiger partial charge is 0.395 e. The first-order valence-electron chi connectivity index (χ1n) is 5.58. The van der Waals surface area contributed by atoms with E-state index in [0.717, 1.165) is 5.56 Å². The lowest BCUT2D eigenvalue weighted by Crippen LogP contribution is -2.25. The summed E-state index contributed by atoms with van der Waals surface area (Å²) >= 11 is 0. The van der Waals surface area contributed by atoms with Crippen LogP contribution in [0.15, 0.2) is 47.3 Å². The quantitative estimate of drug-likeness (QED) is 0.881. The van der Waals surface area contributed by atoms with Crippen molar-refractivity contribution in [3.05, 3.63) is 58.4 Å². The Hall–Kier alpha value is -2.38. The van der Waals surface area contributed by atoms with Gasteiger partial charge in [-0.2, -0.15) is 5.26 Å². The minimum Gasteiger partial charge on any atom is -0.395 e. The van der Waals surface area contributed by atoms with Gasteiger partial charge in [-0.05, 0) is 17.7 Å². The first kappa shape index (κ1) is 12.1. The van der Waals surface area contributed by atoms with E-state index in [9.17, 15) is 4.79 Å². The van der Waals surface area contributed by atoms with Crippen LogP contribution in [0.5, 0.6) is 0 Å². The second kappa shape index (κ2) is 5.30. The number of hydrogen-bond acceptors (Lipinski definition) is 3. The molecule has 0 saturated heterocycles. The van der Waals surface area contributed by atoms with Gasteiger partial charge in [0.15, 0.2) is 0 Å². The highest BCUT2D eigenvalue weighted by Crippen LogP contribution is 2.17. The molecular weight excluding hydrogens is 228 g/mol. The van der Waals surface area contributed by atoms with Crippen LogP contribution in [0.3, 0.4) is 0 Å². The Morgan fingerprint density at radius 1 is 1.17 bits per heavy atom. The van der Waals surface area contributed by atoms with E-state index in [-0.39, 0.29) is 24.3 Å². The van der Waals surface area contributed by atoms with Crippen molar-refractivity contribution in [2.75, 3.05) is 6.61 Å². The number of nitriles is 1. The molecule has 0 spiro atoms. The van der Waals surface area contributed by atoms with Crippen LogP contribution in [0.4, 0.5) is 0 Å². The predicted molar refractivity (Wildman–Crippen MR) is 67.9 cm³/mol. The van der Waals surface area contributed by atoms with E-state index >= 15 is 0 Å². The molecule has 18 heavy (non-hydrogen) atoms. The van der Waals surface area contributed by atoms with Gasteiger partial charge in [0.25, 0.3) is 5.56 Å². The van der Waals surface area contributed by atoms with Crippen LogP contribution in [0.25, 0.3) is 11.3 Å². The highest BCUT2D eigenvalue weighted by atomic mass is 16.3. The van der Waals surface area contributed by atoms with Crippen molar-refractivity contribution in [1.82, 2.24) is 4.57 Å². The fourth-order valence-corrected chi connectivity index (χ4v) is 1.85. The summed E-state index contributed by atoms with van der Waals surface area (Å²) in [6.07, 6.45) is 0. The maximum atomic E-state index is 12.0. The Bertz CT molecular complexity index is 639. The fourth-order valence-electron chi connectivity index (χ4n) is 1.85. The standard InChI is InChI=1S/C14H12N2O2/c15-10-12-6-7-13(11-4-2-1-3-5-11)16(8-9-17)14(12)18/h1-7,17H,8-9H2.